The number of carboxylic acids is 1. The van der Waals surface area contributed by atoms with Gasteiger partial charge < -0.3 is 9.84 Å². The summed E-state index contributed by atoms with van der Waals surface area (Å²) in [6, 6.07) is 4.96. The van der Waals surface area contributed by atoms with E-state index in [4.69, 9.17) is 33.0 Å². The third-order valence-corrected chi connectivity index (χ3v) is 2.30. The lowest BCUT2D eigenvalue weighted by molar-refractivity contribution is -0.138. The molecule has 0 saturated carbocycles. The summed E-state index contributed by atoms with van der Waals surface area (Å²) in [4.78, 5) is 10.4. The molecule has 0 unspecified atom stereocenters. The number of carboxylic acid groups (broad SMARTS) is 1. The zero-order valence-corrected chi connectivity index (χ0v) is 9.55. The summed E-state index contributed by atoms with van der Waals surface area (Å²) >= 11 is 11.7. The average Bonchev–Trinajstić information content (AvgIpc) is 2.10. The Kier molecular flexibility index (Phi) is 4.24. The van der Waals surface area contributed by atoms with Gasteiger partial charge in [0.05, 0.1) is 16.5 Å². The van der Waals surface area contributed by atoms with Crippen LogP contribution in [0, 0.1) is 0 Å². The van der Waals surface area contributed by atoms with Gasteiger partial charge in [-0.1, -0.05) is 29.3 Å². The Bertz CT molecular complexity index is 345. The normalized spacial score (nSPS) is 12.2. The van der Waals surface area contributed by atoms with Crippen LogP contribution in [0.15, 0.2) is 18.2 Å². The van der Waals surface area contributed by atoms with Crippen LogP contribution in [-0.4, -0.2) is 17.2 Å². The van der Waals surface area contributed by atoms with Crippen LogP contribution < -0.4 is 4.74 Å². The second-order valence-electron chi connectivity index (χ2n) is 3.08. The van der Waals surface area contributed by atoms with Crippen LogP contribution in [0.2, 0.25) is 10.0 Å². The minimum absolute atomic E-state index is 0.0957. The number of benzene rings is 1. The highest BCUT2D eigenvalue weighted by molar-refractivity contribution is 6.37. The van der Waals surface area contributed by atoms with Crippen LogP contribution in [0.25, 0.3) is 0 Å². The Balaban J connectivity index is 2.76. The summed E-state index contributed by atoms with van der Waals surface area (Å²) in [5, 5.41) is 9.30. The van der Waals surface area contributed by atoms with Gasteiger partial charge in [-0.3, -0.25) is 4.79 Å². The van der Waals surface area contributed by atoms with E-state index in [0.29, 0.717) is 15.8 Å². The van der Waals surface area contributed by atoms with Crippen molar-refractivity contribution in [3.63, 3.8) is 0 Å². The van der Waals surface area contributed by atoms with Crippen molar-refractivity contribution in [2.75, 3.05) is 0 Å². The molecule has 0 aliphatic rings. The largest absolute Gasteiger partial charge is 0.487 e. The lowest BCUT2D eigenvalue weighted by Gasteiger charge is -2.14. The standard InChI is InChI=1S/C10H10Cl2O3/c1-6(5-9(13)14)15-10-7(11)3-2-4-8(10)12/h2-4,6H,5H2,1H3,(H,13,14)/t6-/m1/s1. The van der Waals surface area contributed by atoms with Crippen LogP contribution in [0.5, 0.6) is 5.75 Å². The molecule has 0 aliphatic carbocycles. The van der Waals surface area contributed by atoms with Gasteiger partial charge in [-0.05, 0) is 19.1 Å². The first-order valence-electron chi connectivity index (χ1n) is 4.33. The van der Waals surface area contributed by atoms with Crippen molar-refractivity contribution in [2.24, 2.45) is 0 Å². The first-order chi connectivity index (χ1) is 7.00. The molecular weight excluding hydrogens is 239 g/mol. The van der Waals surface area contributed by atoms with Gasteiger partial charge in [0.1, 0.15) is 6.10 Å². The van der Waals surface area contributed by atoms with Crippen molar-refractivity contribution in [1.29, 1.82) is 0 Å². The summed E-state index contributed by atoms with van der Waals surface area (Å²) in [6.07, 6.45) is -0.568. The third-order valence-electron chi connectivity index (χ3n) is 1.70. The Morgan fingerprint density at radius 1 is 1.47 bits per heavy atom. The summed E-state index contributed by atoms with van der Waals surface area (Å²) in [6.45, 7) is 1.65. The van der Waals surface area contributed by atoms with Gasteiger partial charge in [0, 0.05) is 0 Å². The molecule has 1 atom stereocenters. The molecule has 1 aromatic rings. The second kappa shape index (κ2) is 5.24. The highest BCUT2D eigenvalue weighted by atomic mass is 35.5. The lowest BCUT2D eigenvalue weighted by Crippen LogP contribution is -2.16. The maximum absolute atomic E-state index is 10.4. The molecule has 1 rings (SSSR count). The van der Waals surface area contributed by atoms with Gasteiger partial charge in [-0.25, -0.2) is 0 Å². The number of hydrogen-bond acceptors (Lipinski definition) is 2. The molecule has 1 aromatic carbocycles. The van der Waals surface area contributed by atoms with Gasteiger partial charge in [-0.2, -0.15) is 0 Å². The molecule has 1 N–H and O–H groups in total. The SMILES string of the molecule is C[C@H](CC(=O)O)Oc1c(Cl)cccc1Cl. The average molecular weight is 249 g/mol. The molecule has 0 heterocycles. The Morgan fingerprint density at radius 2 is 2.00 bits per heavy atom. The summed E-state index contributed by atoms with van der Waals surface area (Å²) in [5.41, 5.74) is 0. The molecular formula is C10H10Cl2O3. The number of hydrogen-bond donors (Lipinski definition) is 1. The van der Waals surface area contributed by atoms with Crippen molar-refractivity contribution in [3.8, 4) is 5.75 Å². The number of aliphatic carboxylic acids is 1. The molecule has 0 saturated heterocycles. The predicted octanol–water partition coefficient (Wildman–Crippen LogP) is 3.24. The van der Waals surface area contributed by atoms with Gasteiger partial charge in [0.2, 0.25) is 0 Å². The van der Waals surface area contributed by atoms with Crippen LogP contribution >= 0.6 is 23.2 Å². The maximum Gasteiger partial charge on any atom is 0.307 e. The van der Waals surface area contributed by atoms with E-state index in [1.165, 1.54) is 0 Å². The van der Waals surface area contributed by atoms with Crippen molar-refractivity contribution < 1.29 is 14.6 Å². The highest BCUT2D eigenvalue weighted by Gasteiger charge is 2.13. The molecule has 82 valence electrons. The van der Waals surface area contributed by atoms with Crippen molar-refractivity contribution in [2.45, 2.75) is 19.4 Å². The lowest BCUT2D eigenvalue weighted by atomic mass is 10.3. The molecule has 0 aromatic heterocycles. The van der Waals surface area contributed by atoms with E-state index in [1.54, 1.807) is 25.1 Å². The smallest absolute Gasteiger partial charge is 0.307 e. The molecule has 0 radical (unpaired) electrons. The van der Waals surface area contributed by atoms with E-state index in [9.17, 15) is 4.79 Å². The van der Waals surface area contributed by atoms with Gasteiger partial charge in [-0.15, -0.1) is 0 Å². The van der Waals surface area contributed by atoms with Crippen molar-refractivity contribution in [1.82, 2.24) is 0 Å². The molecule has 0 fully saturated rings. The van der Waals surface area contributed by atoms with Crippen molar-refractivity contribution >= 4 is 29.2 Å². The quantitative estimate of drug-likeness (QED) is 0.890. The third kappa shape index (κ3) is 3.61. The topological polar surface area (TPSA) is 46.5 Å². The number of halogens is 2. The van der Waals surface area contributed by atoms with Crippen LogP contribution in [0.3, 0.4) is 0 Å². The molecule has 0 amide bonds. The van der Waals surface area contributed by atoms with Gasteiger partial charge >= 0.3 is 5.97 Å². The molecule has 15 heavy (non-hydrogen) atoms. The maximum atomic E-state index is 10.4. The van der Waals surface area contributed by atoms with E-state index in [-0.39, 0.29) is 6.42 Å². The van der Waals surface area contributed by atoms with E-state index >= 15 is 0 Å². The fourth-order valence-electron chi connectivity index (χ4n) is 1.08. The van der Waals surface area contributed by atoms with E-state index in [2.05, 4.69) is 0 Å². The zero-order valence-electron chi connectivity index (χ0n) is 8.04. The predicted molar refractivity (Wildman–Crippen MR) is 58.8 cm³/mol. The molecule has 0 spiro atoms. The van der Waals surface area contributed by atoms with Gasteiger partial charge in [0.15, 0.2) is 5.75 Å². The van der Waals surface area contributed by atoms with E-state index < -0.39 is 12.1 Å². The second-order valence-corrected chi connectivity index (χ2v) is 3.89. The van der Waals surface area contributed by atoms with E-state index in [1.807, 2.05) is 0 Å². The zero-order chi connectivity index (χ0) is 11.4. The summed E-state index contributed by atoms with van der Waals surface area (Å²) in [5.74, 6) is -0.597. The van der Waals surface area contributed by atoms with Gasteiger partial charge in [0.25, 0.3) is 0 Å². The van der Waals surface area contributed by atoms with Crippen LogP contribution in [0.1, 0.15) is 13.3 Å². The minimum Gasteiger partial charge on any atom is -0.487 e. The fraction of sp³-hybridized carbons (Fsp3) is 0.300. The first-order valence-corrected chi connectivity index (χ1v) is 5.08. The highest BCUT2D eigenvalue weighted by Crippen LogP contribution is 2.33. The fourth-order valence-corrected chi connectivity index (χ4v) is 1.57. The summed E-state index contributed by atoms with van der Waals surface area (Å²) in [7, 11) is 0. The molecule has 0 bridgehead atoms. The summed E-state index contributed by atoms with van der Waals surface area (Å²) < 4.78 is 5.34. The number of carbonyl (C=O) groups is 1. The minimum atomic E-state index is -0.925. The number of rotatable bonds is 4. The van der Waals surface area contributed by atoms with E-state index in [0.717, 1.165) is 0 Å². The molecule has 3 nitrogen and oxygen atoms in total. The monoisotopic (exact) mass is 248 g/mol. The van der Waals surface area contributed by atoms with Crippen molar-refractivity contribution in [3.05, 3.63) is 28.2 Å². The number of ether oxygens (including phenoxy) is 1. The first kappa shape index (κ1) is 12.1. The Hall–Kier alpha value is -0.930. The molecule has 5 heteroatoms. The van der Waals surface area contributed by atoms with Crippen LogP contribution in [0.4, 0.5) is 0 Å². The molecule has 0 aliphatic heterocycles. The Morgan fingerprint density at radius 3 is 2.47 bits per heavy atom. The van der Waals surface area contributed by atoms with Crippen LogP contribution in [-0.2, 0) is 4.79 Å². The number of para-hydroxylation sites is 1. The Labute approximate surface area is 97.6 Å².